The van der Waals surface area contributed by atoms with Crippen molar-refractivity contribution in [1.82, 2.24) is 34.6 Å². The highest BCUT2D eigenvalue weighted by atomic mass is 32.1. The summed E-state index contributed by atoms with van der Waals surface area (Å²) in [5.74, 6) is 1.14. The molecule has 2 aliphatic rings. The fraction of sp³-hybridized carbons (Fsp3) is 0.333. The predicted molar refractivity (Wildman–Crippen MR) is 177 cm³/mol. The number of aromatic nitrogens is 5. The van der Waals surface area contributed by atoms with Gasteiger partial charge in [-0.25, -0.2) is 24.3 Å². The van der Waals surface area contributed by atoms with Gasteiger partial charge in [0.1, 0.15) is 33.9 Å². The van der Waals surface area contributed by atoms with Gasteiger partial charge in [-0.1, -0.05) is 18.3 Å². The van der Waals surface area contributed by atoms with Crippen LogP contribution in [0.5, 0.6) is 0 Å². The molecule has 2 fully saturated rings. The smallest absolute Gasteiger partial charge is 0.239 e. The van der Waals surface area contributed by atoms with Crippen LogP contribution in [0, 0.1) is 17.1 Å². The van der Waals surface area contributed by atoms with E-state index in [2.05, 4.69) is 26.3 Å². The van der Waals surface area contributed by atoms with Crippen LogP contribution in [0.2, 0.25) is 0 Å². The van der Waals surface area contributed by atoms with E-state index >= 15 is 0 Å². The fourth-order valence-corrected chi connectivity index (χ4v) is 7.00. The van der Waals surface area contributed by atoms with Crippen LogP contribution < -0.4 is 15.1 Å². The average Bonchev–Trinajstić information content (AvgIpc) is 3.84. The van der Waals surface area contributed by atoms with E-state index in [0.717, 1.165) is 28.3 Å². The van der Waals surface area contributed by atoms with Crippen LogP contribution in [0.15, 0.2) is 55.0 Å². The molecular formula is C33H33FN10O2S. The molecule has 12 nitrogen and oxygen atoms in total. The van der Waals surface area contributed by atoms with Gasteiger partial charge in [-0.2, -0.15) is 5.26 Å². The van der Waals surface area contributed by atoms with E-state index in [1.807, 2.05) is 46.5 Å². The van der Waals surface area contributed by atoms with Crippen LogP contribution in [0.4, 0.5) is 21.3 Å². The summed E-state index contributed by atoms with van der Waals surface area (Å²) in [5.41, 5.74) is 4.60. The van der Waals surface area contributed by atoms with Gasteiger partial charge in [-0.05, 0) is 49.2 Å². The topological polar surface area (TPSA) is 139 Å². The molecule has 240 valence electrons. The summed E-state index contributed by atoms with van der Waals surface area (Å²) in [6.07, 6.45) is 6.29. The zero-order valence-corrected chi connectivity index (χ0v) is 26.8. The second kappa shape index (κ2) is 12.7. The highest BCUT2D eigenvalue weighted by molar-refractivity contribution is 7.16. The van der Waals surface area contributed by atoms with Crippen LogP contribution in [-0.4, -0.2) is 92.2 Å². The van der Waals surface area contributed by atoms with Crippen molar-refractivity contribution < 1.29 is 14.3 Å². The van der Waals surface area contributed by atoms with E-state index in [1.54, 1.807) is 24.5 Å². The van der Waals surface area contributed by atoms with Gasteiger partial charge in [0.05, 0.1) is 17.8 Å². The number of anilines is 3. The molecule has 47 heavy (non-hydrogen) atoms. The van der Waals surface area contributed by atoms with Gasteiger partial charge in [-0.15, -0.1) is 0 Å². The van der Waals surface area contributed by atoms with Crippen molar-refractivity contribution in [3.8, 4) is 28.5 Å². The number of rotatable bonds is 7. The van der Waals surface area contributed by atoms with Gasteiger partial charge in [0, 0.05) is 75.1 Å². The SMILES string of the molecule is CCc1nc2ccc(-c3cnc(N4CCN(C(=O)C5C[C@@H](O)CN5)CC4)nc3)cn2c1N(C)c1nc(-c2ccc(F)cc2)c(C#N)s1. The van der Waals surface area contributed by atoms with Gasteiger partial charge in [0.15, 0.2) is 5.13 Å². The summed E-state index contributed by atoms with van der Waals surface area (Å²) in [6, 6.07) is 11.9. The molecular weight excluding hydrogens is 619 g/mol. The molecule has 2 N–H and O–H groups in total. The third kappa shape index (κ3) is 5.89. The van der Waals surface area contributed by atoms with Crippen LogP contribution in [0.25, 0.3) is 28.0 Å². The summed E-state index contributed by atoms with van der Waals surface area (Å²) in [7, 11) is 1.91. The number of nitrogens with zero attached hydrogens (tertiary/aromatic N) is 9. The third-order valence-electron chi connectivity index (χ3n) is 8.69. The van der Waals surface area contributed by atoms with E-state index in [9.17, 15) is 19.6 Å². The molecule has 2 saturated heterocycles. The van der Waals surface area contributed by atoms with Crippen LogP contribution in [0.1, 0.15) is 23.9 Å². The van der Waals surface area contributed by atoms with Crippen LogP contribution >= 0.6 is 11.3 Å². The molecule has 2 atom stereocenters. The van der Waals surface area contributed by atoms with Crippen molar-refractivity contribution in [3.63, 3.8) is 0 Å². The Kier molecular flexibility index (Phi) is 8.27. The van der Waals surface area contributed by atoms with Gasteiger partial charge in [0.2, 0.25) is 11.9 Å². The standard InChI is InChI=1S/C33H33FN10O2S/c1-3-25-30(41(2)33-40-29(27(15-35)47-33)20-4-7-23(34)8-5-20)44-19-21(6-9-28(44)39-25)22-16-37-32(38-17-22)43-12-10-42(11-13-43)31(46)26-14-24(45)18-36-26/h4-9,16-17,19,24,26,36,45H,3,10-14,18H2,1-2H3/t24-,26?/m1/s1. The largest absolute Gasteiger partial charge is 0.392 e. The molecule has 1 amide bonds. The molecule has 0 saturated carbocycles. The Labute approximate surface area is 274 Å². The van der Waals surface area contributed by atoms with Crippen LogP contribution in [0.3, 0.4) is 0 Å². The van der Waals surface area contributed by atoms with Crippen molar-refractivity contribution in [2.24, 2.45) is 0 Å². The number of hydrogen-bond donors (Lipinski definition) is 2. The number of piperazine rings is 1. The fourth-order valence-electron chi connectivity index (χ4n) is 6.15. The number of amides is 1. The number of carbonyl (C=O) groups is 1. The van der Waals surface area contributed by atoms with Gasteiger partial charge in [0.25, 0.3) is 0 Å². The minimum atomic E-state index is -0.467. The minimum Gasteiger partial charge on any atom is -0.392 e. The van der Waals surface area contributed by atoms with Crippen molar-refractivity contribution in [3.05, 3.63) is 71.4 Å². The number of nitrogens with one attached hydrogen (secondary N) is 1. The zero-order valence-electron chi connectivity index (χ0n) is 26.0. The van der Waals surface area contributed by atoms with Crippen molar-refractivity contribution in [2.45, 2.75) is 31.9 Å². The molecule has 0 aliphatic carbocycles. The highest BCUT2D eigenvalue weighted by Gasteiger charge is 2.33. The Morgan fingerprint density at radius 3 is 2.47 bits per heavy atom. The lowest BCUT2D eigenvalue weighted by atomic mass is 10.1. The summed E-state index contributed by atoms with van der Waals surface area (Å²) >= 11 is 1.28. The van der Waals surface area contributed by atoms with Gasteiger partial charge >= 0.3 is 0 Å². The first-order valence-corrected chi connectivity index (χ1v) is 16.3. The second-order valence-corrected chi connectivity index (χ2v) is 12.6. The number of aliphatic hydroxyl groups excluding tert-OH is 1. The van der Waals surface area contributed by atoms with Crippen molar-refractivity contribution in [2.75, 3.05) is 49.6 Å². The Bertz CT molecular complexity index is 1960. The summed E-state index contributed by atoms with van der Waals surface area (Å²) in [4.78, 5) is 38.1. The number of benzene rings is 1. The molecule has 14 heteroatoms. The molecule has 4 aromatic heterocycles. The quantitative estimate of drug-likeness (QED) is 0.268. The molecule has 0 spiro atoms. The van der Waals surface area contributed by atoms with Crippen LogP contribution in [-0.2, 0) is 11.2 Å². The Morgan fingerprint density at radius 2 is 1.81 bits per heavy atom. The van der Waals surface area contributed by atoms with E-state index in [0.29, 0.717) is 72.8 Å². The molecule has 5 aromatic rings. The maximum atomic E-state index is 13.6. The number of halogens is 1. The molecule has 2 aliphatic heterocycles. The number of nitriles is 1. The number of thiazole rings is 1. The van der Waals surface area contributed by atoms with Crippen molar-refractivity contribution in [1.29, 1.82) is 5.26 Å². The lowest BCUT2D eigenvalue weighted by molar-refractivity contribution is -0.133. The Morgan fingerprint density at radius 1 is 1.09 bits per heavy atom. The molecule has 1 aromatic carbocycles. The van der Waals surface area contributed by atoms with Crippen molar-refractivity contribution >= 4 is 39.8 Å². The average molecular weight is 653 g/mol. The summed E-state index contributed by atoms with van der Waals surface area (Å²) < 4.78 is 15.6. The highest BCUT2D eigenvalue weighted by Crippen LogP contribution is 2.37. The molecule has 0 bridgehead atoms. The Hall–Kier alpha value is -4.97. The number of imidazole rings is 1. The molecule has 1 unspecified atom stereocenters. The Balaban J connectivity index is 1.11. The first-order valence-electron chi connectivity index (χ1n) is 15.5. The summed E-state index contributed by atoms with van der Waals surface area (Å²) in [6.45, 7) is 4.91. The first-order chi connectivity index (χ1) is 22.8. The molecule has 6 heterocycles. The number of hydrogen-bond acceptors (Lipinski definition) is 11. The van der Waals surface area contributed by atoms with E-state index < -0.39 is 6.10 Å². The second-order valence-electron chi connectivity index (χ2n) is 11.7. The number of aryl methyl sites for hydroxylation is 1. The number of aliphatic hydroxyl groups is 1. The van der Waals surface area contributed by atoms with Gasteiger partial charge in [-0.3, -0.25) is 9.20 Å². The minimum absolute atomic E-state index is 0.0392. The monoisotopic (exact) mass is 652 g/mol. The maximum Gasteiger partial charge on any atom is 0.239 e. The maximum absolute atomic E-state index is 13.6. The number of carbonyl (C=O) groups excluding carboxylic acids is 1. The number of β-amino-alcohol motifs (C(OH)–C–C–N with tert-alkyl or cyclic N) is 1. The van der Waals surface area contributed by atoms with E-state index in [-0.39, 0.29) is 17.8 Å². The zero-order chi connectivity index (χ0) is 32.7. The first kappa shape index (κ1) is 30.7. The van der Waals surface area contributed by atoms with E-state index in [4.69, 9.17) is 9.97 Å². The summed E-state index contributed by atoms with van der Waals surface area (Å²) in [5, 5.41) is 23.3. The van der Waals surface area contributed by atoms with E-state index in [1.165, 1.54) is 23.5 Å². The number of fused-ring (bicyclic) bond motifs is 1. The normalized spacial score (nSPS) is 18.1. The molecule has 0 radical (unpaired) electrons. The third-order valence-corrected chi connectivity index (χ3v) is 9.73. The lowest BCUT2D eigenvalue weighted by Gasteiger charge is -2.35. The lowest BCUT2D eigenvalue weighted by Crippen LogP contribution is -2.53. The van der Waals surface area contributed by atoms with Gasteiger partial charge < -0.3 is 25.1 Å². The number of pyridine rings is 1. The predicted octanol–water partition coefficient (Wildman–Crippen LogP) is 3.63. The molecule has 7 rings (SSSR count).